The van der Waals surface area contributed by atoms with Crippen LogP contribution in [0.25, 0.3) is 22.4 Å². The molecule has 0 aliphatic heterocycles. The highest BCUT2D eigenvalue weighted by Gasteiger charge is 2.18. The molecular weight excluding hydrogens is 563 g/mol. The van der Waals surface area contributed by atoms with Gasteiger partial charge in [0.2, 0.25) is 5.96 Å². The summed E-state index contributed by atoms with van der Waals surface area (Å²) in [6.07, 6.45) is -0.595. The van der Waals surface area contributed by atoms with Crippen LogP contribution in [0.3, 0.4) is 0 Å². The number of aryl methyl sites for hydroxylation is 1. The average Bonchev–Trinajstić information content (AvgIpc) is 2.91. The number of rotatable bonds is 6. The molecule has 40 heavy (non-hydrogen) atoms. The Balaban J connectivity index is 1.68. The van der Waals surface area contributed by atoms with Gasteiger partial charge in [0.15, 0.2) is 0 Å². The van der Waals surface area contributed by atoms with Crippen LogP contribution >= 0.6 is 35.1 Å². The van der Waals surface area contributed by atoms with Gasteiger partial charge in [0.1, 0.15) is 5.60 Å². The molecule has 0 aliphatic carbocycles. The summed E-state index contributed by atoms with van der Waals surface area (Å²) in [4.78, 5) is 23.2. The number of nitrogens with zero attached hydrogens (tertiary/aromatic N) is 2. The van der Waals surface area contributed by atoms with Gasteiger partial charge in [-0.25, -0.2) is 9.79 Å². The van der Waals surface area contributed by atoms with E-state index in [-0.39, 0.29) is 12.5 Å². The minimum atomic E-state index is -0.646. The van der Waals surface area contributed by atoms with Crippen molar-refractivity contribution in [3.8, 4) is 22.4 Å². The maximum Gasteiger partial charge on any atom is 0.414 e. The van der Waals surface area contributed by atoms with E-state index in [1.54, 1.807) is 0 Å². The van der Waals surface area contributed by atoms with E-state index in [0.717, 1.165) is 38.5 Å². The molecule has 1 amide bonds. The Labute approximate surface area is 249 Å². The molecule has 0 radical (unpaired) electrons. The Morgan fingerprint density at radius 3 is 2.12 bits per heavy atom. The quantitative estimate of drug-likeness (QED) is 0.133. The van der Waals surface area contributed by atoms with Crippen LogP contribution in [0.4, 0.5) is 4.79 Å². The lowest BCUT2D eigenvalue weighted by atomic mass is 9.96. The van der Waals surface area contributed by atoms with Crippen LogP contribution in [-0.2, 0) is 11.3 Å². The number of ether oxygens (including phenoxy) is 1. The smallest absolute Gasteiger partial charge is 0.414 e. The van der Waals surface area contributed by atoms with Gasteiger partial charge in [0, 0.05) is 31.8 Å². The van der Waals surface area contributed by atoms with E-state index < -0.39 is 11.7 Å². The largest absolute Gasteiger partial charge is 0.444 e. The predicted molar refractivity (Wildman–Crippen MR) is 166 cm³/mol. The number of carbonyl (C=O) groups excluding carboxylic acids is 1. The highest BCUT2D eigenvalue weighted by Crippen LogP contribution is 2.34. The maximum atomic E-state index is 12.6. The molecule has 0 spiro atoms. The third-order valence-corrected chi connectivity index (χ3v) is 6.93. The number of aliphatic imine (C=N–C) groups is 1. The average molecular weight is 594 g/mol. The molecule has 0 aliphatic rings. The molecule has 0 atom stereocenters. The van der Waals surface area contributed by atoms with E-state index in [1.165, 1.54) is 11.9 Å². The zero-order valence-electron chi connectivity index (χ0n) is 22.7. The van der Waals surface area contributed by atoms with Crippen molar-refractivity contribution in [2.45, 2.75) is 44.7 Å². The number of aromatic nitrogens is 1. The molecule has 2 N–H and O–H groups in total. The molecule has 0 saturated heterocycles. The summed E-state index contributed by atoms with van der Waals surface area (Å²) in [5.74, 6) is 0.275. The second kappa shape index (κ2) is 13.2. The van der Waals surface area contributed by atoms with Crippen molar-refractivity contribution >= 4 is 47.2 Å². The van der Waals surface area contributed by atoms with E-state index in [9.17, 15) is 4.79 Å². The summed E-state index contributed by atoms with van der Waals surface area (Å²) in [7, 11) is 0. The van der Waals surface area contributed by atoms with Crippen molar-refractivity contribution in [1.82, 2.24) is 15.0 Å². The molecule has 0 bridgehead atoms. The highest BCUT2D eigenvalue weighted by molar-refractivity contribution is 7.98. The Morgan fingerprint density at radius 2 is 1.52 bits per heavy atom. The fourth-order valence-electron chi connectivity index (χ4n) is 3.74. The number of amides is 1. The molecule has 0 fully saturated rings. The van der Waals surface area contributed by atoms with Crippen molar-refractivity contribution < 1.29 is 9.53 Å². The number of pyridine rings is 1. The topological polar surface area (TPSA) is 75.6 Å². The predicted octanol–water partition coefficient (Wildman–Crippen LogP) is 8.71. The van der Waals surface area contributed by atoms with Crippen LogP contribution in [0.2, 0.25) is 10.0 Å². The third-order valence-electron chi connectivity index (χ3n) is 5.63. The first-order chi connectivity index (χ1) is 19.1. The summed E-state index contributed by atoms with van der Waals surface area (Å²) >= 11 is 13.6. The van der Waals surface area contributed by atoms with Gasteiger partial charge in [0.25, 0.3) is 0 Å². The third kappa shape index (κ3) is 8.49. The number of hydrogen-bond donors (Lipinski definition) is 2. The normalized spacial score (nSPS) is 11.7. The van der Waals surface area contributed by atoms with Gasteiger partial charge in [-0.2, -0.15) is 0 Å². The molecule has 0 saturated carbocycles. The van der Waals surface area contributed by atoms with Crippen LogP contribution in [-0.4, -0.2) is 22.6 Å². The van der Waals surface area contributed by atoms with Gasteiger partial charge < -0.3 is 4.74 Å². The zero-order chi connectivity index (χ0) is 28.7. The molecule has 4 rings (SSSR count). The summed E-state index contributed by atoms with van der Waals surface area (Å²) in [5.41, 5.74) is 4.75. The molecule has 6 nitrogen and oxygen atoms in total. The molecule has 9 heteroatoms. The molecule has 1 aromatic heterocycles. The lowest BCUT2D eigenvalue weighted by Crippen LogP contribution is -2.41. The van der Waals surface area contributed by atoms with Crippen LogP contribution in [0.15, 0.2) is 94.8 Å². The van der Waals surface area contributed by atoms with Gasteiger partial charge in [-0.15, -0.1) is 0 Å². The van der Waals surface area contributed by atoms with Crippen molar-refractivity contribution in [2.24, 2.45) is 4.99 Å². The van der Waals surface area contributed by atoms with Crippen molar-refractivity contribution in [1.29, 1.82) is 0 Å². The van der Waals surface area contributed by atoms with Crippen LogP contribution in [0, 0.1) is 6.92 Å². The lowest BCUT2D eigenvalue weighted by molar-refractivity contribution is 0.0562. The van der Waals surface area contributed by atoms with E-state index in [1.807, 2.05) is 107 Å². The van der Waals surface area contributed by atoms with E-state index in [2.05, 4.69) is 16.1 Å². The number of hydrogen-bond acceptors (Lipinski definition) is 5. The lowest BCUT2D eigenvalue weighted by Gasteiger charge is -2.20. The van der Waals surface area contributed by atoms with Crippen molar-refractivity contribution in [3.63, 3.8) is 0 Å². The van der Waals surface area contributed by atoms with Crippen molar-refractivity contribution in [2.75, 3.05) is 0 Å². The Hall–Kier alpha value is -3.52. The first-order valence-corrected chi connectivity index (χ1v) is 14.2. The second-order valence-corrected chi connectivity index (χ2v) is 11.7. The van der Waals surface area contributed by atoms with Crippen LogP contribution in [0.5, 0.6) is 0 Å². The van der Waals surface area contributed by atoms with Gasteiger partial charge in [0.05, 0.1) is 12.2 Å². The molecule has 3 aromatic carbocycles. The Morgan fingerprint density at radius 1 is 0.925 bits per heavy atom. The monoisotopic (exact) mass is 592 g/mol. The minimum Gasteiger partial charge on any atom is -0.444 e. The second-order valence-electron chi connectivity index (χ2n) is 9.95. The molecule has 206 valence electrons. The van der Waals surface area contributed by atoms with E-state index >= 15 is 0 Å². The van der Waals surface area contributed by atoms with Gasteiger partial charge in [-0.3, -0.25) is 15.0 Å². The maximum absolute atomic E-state index is 12.6. The van der Waals surface area contributed by atoms with E-state index in [4.69, 9.17) is 37.9 Å². The van der Waals surface area contributed by atoms with Crippen LogP contribution < -0.4 is 10.0 Å². The number of alkyl carbamates (subject to hydrolysis) is 1. The van der Waals surface area contributed by atoms with Crippen LogP contribution in [0.1, 0.15) is 32.0 Å². The number of halogens is 2. The number of benzene rings is 3. The zero-order valence-corrected chi connectivity index (χ0v) is 25.0. The molecule has 1 heterocycles. The van der Waals surface area contributed by atoms with E-state index in [0.29, 0.717) is 10.0 Å². The van der Waals surface area contributed by atoms with Gasteiger partial charge >= 0.3 is 6.09 Å². The molecular formula is C31H30Cl2N4O2S. The Bertz CT molecular complexity index is 1490. The fourth-order valence-corrected chi connectivity index (χ4v) is 4.62. The van der Waals surface area contributed by atoms with Gasteiger partial charge in [-0.05, 0) is 93.2 Å². The van der Waals surface area contributed by atoms with Crippen molar-refractivity contribution in [3.05, 3.63) is 106 Å². The summed E-state index contributed by atoms with van der Waals surface area (Å²) in [5, 5.41) is 4.05. The number of nitrogens with one attached hydrogen (secondary N) is 2. The molecule has 0 unspecified atom stereocenters. The summed E-state index contributed by atoms with van der Waals surface area (Å²) in [6.45, 7) is 7.65. The van der Waals surface area contributed by atoms with Gasteiger partial charge in [-0.1, -0.05) is 65.7 Å². The highest BCUT2D eigenvalue weighted by atomic mass is 35.5. The SMILES string of the molecule is Cc1nc(-c2ccc(Cl)cc2)c(-c2ccc(Cl)cc2)cc1CN=C(NSc1ccccc1)NC(=O)OC(C)(C)C. The minimum absolute atomic E-state index is 0.272. The number of guanidine groups is 1. The Kier molecular flexibility index (Phi) is 9.74. The molecule has 4 aromatic rings. The fraction of sp³-hybridized carbons (Fsp3) is 0.194. The first kappa shape index (κ1) is 29.5. The summed E-state index contributed by atoms with van der Waals surface area (Å²) < 4.78 is 8.59. The standard InChI is InChI=1S/C31H30Cl2N4O2S/c1-20-23(19-34-29(36-30(38)39-31(2,3)4)37-40-26-8-6-5-7-9-26)18-27(21-10-14-24(32)15-11-21)28(35-20)22-12-16-25(33)17-13-22/h5-18H,19H2,1-4H3,(H2,34,36,37,38). The summed E-state index contributed by atoms with van der Waals surface area (Å²) in [6, 6.07) is 27.1. The number of carbonyl (C=O) groups is 1. The first-order valence-electron chi connectivity index (χ1n) is 12.6.